The highest BCUT2D eigenvalue weighted by Crippen LogP contribution is 2.13. The van der Waals surface area contributed by atoms with Crippen molar-refractivity contribution in [3.8, 4) is 0 Å². The summed E-state index contributed by atoms with van der Waals surface area (Å²) in [5.41, 5.74) is 1.67. The summed E-state index contributed by atoms with van der Waals surface area (Å²) in [6, 6.07) is 15.6. The summed E-state index contributed by atoms with van der Waals surface area (Å²) < 4.78 is 1.02. The first kappa shape index (κ1) is 13.1. The standard InChI is InChI=1S/C16H11IN2O/c17-12-7-8-14-13(10-12)16(20)19-15(18-14)9-6-11-4-2-1-3-5-11/h1-10H,(H,18,19,20)/b9-6+. The lowest BCUT2D eigenvalue weighted by Gasteiger charge is -1.99. The minimum Gasteiger partial charge on any atom is -0.306 e. The quantitative estimate of drug-likeness (QED) is 0.696. The van der Waals surface area contributed by atoms with E-state index < -0.39 is 0 Å². The molecule has 1 aromatic heterocycles. The van der Waals surface area contributed by atoms with Gasteiger partial charge in [0.05, 0.1) is 10.9 Å². The van der Waals surface area contributed by atoms with Crippen molar-refractivity contribution in [2.45, 2.75) is 0 Å². The maximum absolute atomic E-state index is 12.0. The van der Waals surface area contributed by atoms with Gasteiger partial charge in [0.2, 0.25) is 0 Å². The Balaban J connectivity index is 2.03. The zero-order valence-electron chi connectivity index (χ0n) is 10.5. The molecule has 0 saturated heterocycles. The molecular formula is C16H11IN2O. The van der Waals surface area contributed by atoms with E-state index in [0.717, 1.165) is 9.13 Å². The van der Waals surface area contributed by atoms with Gasteiger partial charge in [-0.1, -0.05) is 36.4 Å². The minimum absolute atomic E-state index is 0.110. The molecular weight excluding hydrogens is 363 g/mol. The third-order valence-electron chi connectivity index (χ3n) is 2.92. The van der Waals surface area contributed by atoms with E-state index in [2.05, 4.69) is 32.6 Å². The zero-order valence-corrected chi connectivity index (χ0v) is 12.7. The maximum atomic E-state index is 12.0. The van der Waals surface area contributed by atoms with Gasteiger partial charge in [-0.2, -0.15) is 0 Å². The van der Waals surface area contributed by atoms with Crippen molar-refractivity contribution >= 4 is 45.6 Å². The highest BCUT2D eigenvalue weighted by molar-refractivity contribution is 14.1. The number of hydrogen-bond acceptors (Lipinski definition) is 2. The van der Waals surface area contributed by atoms with Crippen molar-refractivity contribution < 1.29 is 0 Å². The van der Waals surface area contributed by atoms with Gasteiger partial charge < -0.3 is 4.98 Å². The number of aromatic nitrogens is 2. The summed E-state index contributed by atoms with van der Waals surface area (Å²) >= 11 is 2.18. The van der Waals surface area contributed by atoms with Crippen LogP contribution in [0.3, 0.4) is 0 Å². The van der Waals surface area contributed by atoms with Crippen LogP contribution in [0.1, 0.15) is 11.4 Å². The third-order valence-corrected chi connectivity index (χ3v) is 3.59. The number of nitrogens with one attached hydrogen (secondary N) is 1. The topological polar surface area (TPSA) is 45.8 Å². The van der Waals surface area contributed by atoms with Crippen LogP contribution in [0, 0.1) is 3.57 Å². The second kappa shape index (κ2) is 5.58. The molecule has 4 heteroatoms. The average Bonchev–Trinajstić information content (AvgIpc) is 2.47. The first-order valence-electron chi connectivity index (χ1n) is 6.15. The normalized spacial score (nSPS) is 11.2. The molecule has 0 radical (unpaired) electrons. The van der Waals surface area contributed by atoms with E-state index in [9.17, 15) is 4.79 Å². The first-order valence-corrected chi connectivity index (χ1v) is 7.23. The number of rotatable bonds is 2. The van der Waals surface area contributed by atoms with E-state index in [-0.39, 0.29) is 5.56 Å². The zero-order chi connectivity index (χ0) is 13.9. The molecule has 3 nitrogen and oxygen atoms in total. The number of nitrogens with zero attached hydrogens (tertiary/aromatic N) is 1. The summed E-state index contributed by atoms with van der Waals surface area (Å²) in [6.07, 6.45) is 3.74. The molecule has 0 fully saturated rings. The summed E-state index contributed by atoms with van der Waals surface area (Å²) in [5, 5.41) is 0.619. The SMILES string of the molecule is O=c1[nH]c(/C=C/c2ccccc2)nc2ccc(I)cc12. The predicted octanol–water partition coefficient (Wildman–Crippen LogP) is 3.70. The molecule has 3 aromatic rings. The number of benzene rings is 2. The molecule has 0 unspecified atom stereocenters. The fourth-order valence-electron chi connectivity index (χ4n) is 1.95. The Bertz CT molecular complexity index is 838. The molecule has 0 aliphatic heterocycles. The van der Waals surface area contributed by atoms with Crippen LogP contribution in [0.25, 0.3) is 23.1 Å². The highest BCUT2D eigenvalue weighted by Gasteiger charge is 2.02. The Morgan fingerprint density at radius 1 is 1.05 bits per heavy atom. The van der Waals surface area contributed by atoms with Crippen molar-refractivity contribution in [1.82, 2.24) is 9.97 Å². The van der Waals surface area contributed by atoms with Crippen LogP contribution in [-0.4, -0.2) is 9.97 Å². The van der Waals surface area contributed by atoms with Gasteiger partial charge in [0.25, 0.3) is 5.56 Å². The van der Waals surface area contributed by atoms with Crippen molar-refractivity contribution in [1.29, 1.82) is 0 Å². The molecule has 3 rings (SSSR count). The predicted molar refractivity (Wildman–Crippen MR) is 90.5 cm³/mol. The Morgan fingerprint density at radius 3 is 2.65 bits per heavy atom. The summed E-state index contributed by atoms with van der Waals surface area (Å²) in [4.78, 5) is 19.3. The summed E-state index contributed by atoms with van der Waals surface area (Å²) in [7, 11) is 0. The highest BCUT2D eigenvalue weighted by atomic mass is 127. The molecule has 0 aliphatic carbocycles. The van der Waals surface area contributed by atoms with Crippen LogP contribution >= 0.6 is 22.6 Å². The van der Waals surface area contributed by atoms with Crippen LogP contribution in [0.4, 0.5) is 0 Å². The van der Waals surface area contributed by atoms with Crippen molar-refractivity contribution in [2.75, 3.05) is 0 Å². The smallest absolute Gasteiger partial charge is 0.259 e. The Labute approximate surface area is 129 Å². The fourth-order valence-corrected chi connectivity index (χ4v) is 2.44. The van der Waals surface area contributed by atoms with E-state index in [0.29, 0.717) is 16.7 Å². The van der Waals surface area contributed by atoms with Gasteiger partial charge in [0, 0.05) is 3.57 Å². The van der Waals surface area contributed by atoms with Crippen LogP contribution in [0.5, 0.6) is 0 Å². The maximum Gasteiger partial charge on any atom is 0.259 e. The van der Waals surface area contributed by atoms with E-state index in [1.54, 1.807) is 0 Å². The van der Waals surface area contributed by atoms with Crippen molar-refractivity contribution in [3.63, 3.8) is 0 Å². The lowest BCUT2D eigenvalue weighted by Crippen LogP contribution is -2.09. The lowest BCUT2D eigenvalue weighted by atomic mass is 10.2. The second-order valence-electron chi connectivity index (χ2n) is 4.36. The van der Waals surface area contributed by atoms with Gasteiger partial charge in [-0.25, -0.2) is 4.98 Å². The summed E-state index contributed by atoms with van der Waals surface area (Å²) in [5.74, 6) is 0.563. The molecule has 0 aliphatic rings. The van der Waals surface area contributed by atoms with E-state index in [1.807, 2.05) is 60.7 Å². The molecule has 1 N–H and O–H groups in total. The molecule has 0 bridgehead atoms. The number of halogens is 1. The van der Waals surface area contributed by atoms with Gasteiger partial charge in [0.1, 0.15) is 5.82 Å². The first-order chi connectivity index (χ1) is 9.72. The monoisotopic (exact) mass is 374 g/mol. The van der Waals surface area contributed by atoms with Gasteiger partial charge in [-0.15, -0.1) is 0 Å². The molecule has 1 heterocycles. The van der Waals surface area contributed by atoms with Gasteiger partial charge in [0.15, 0.2) is 0 Å². The number of aromatic amines is 1. The van der Waals surface area contributed by atoms with Crippen LogP contribution in [-0.2, 0) is 0 Å². The van der Waals surface area contributed by atoms with Crippen molar-refractivity contribution in [2.24, 2.45) is 0 Å². The lowest BCUT2D eigenvalue weighted by molar-refractivity contribution is 1.14. The molecule has 0 atom stereocenters. The van der Waals surface area contributed by atoms with Gasteiger partial charge in [-0.05, 0) is 52.4 Å². The number of fused-ring (bicyclic) bond motifs is 1. The van der Waals surface area contributed by atoms with Gasteiger partial charge >= 0.3 is 0 Å². The van der Waals surface area contributed by atoms with Crippen LogP contribution in [0.15, 0.2) is 53.3 Å². The van der Waals surface area contributed by atoms with Gasteiger partial charge in [-0.3, -0.25) is 4.79 Å². The van der Waals surface area contributed by atoms with E-state index >= 15 is 0 Å². The van der Waals surface area contributed by atoms with Crippen LogP contribution < -0.4 is 5.56 Å². The molecule has 0 spiro atoms. The second-order valence-corrected chi connectivity index (χ2v) is 5.60. The summed E-state index contributed by atoms with van der Waals surface area (Å²) in [6.45, 7) is 0. The molecule has 20 heavy (non-hydrogen) atoms. The number of H-pyrrole nitrogens is 1. The van der Waals surface area contributed by atoms with Crippen LogP contribution in [0.2, 0.25) is 0 Å². The van der Waals surface area contributed by atoms with E-state index in [4.69, 9.17) is 0 Å². The minimum atomic E-state index is -0.110. The molecule has 2 aromatic carbocycles. The molecule has 98 valence electrons. The van der Waals surface area contributed by atoms with E-state index in [1.165, 1.54) is 0 Å². The molecule has 0 saturated carbocycles. The third kappa shape index (κ3) is 2.80. The number of hydrogen-bond donors (Lipinski definition) is 1. The Kier molecular flexibility index (Phi) is 3.64. The molecule has 0 amide bonds. The largest absolute Gasteiger partial charge is 0.306 e. The fraction of sp³-hybridized carbons (Fsp3) is 0. The average molecular weight is 374 g/mol. The Morgan fingerprint density at radius 2 is 1.85 bits per heavy atom. The Hall–Kier alpha value is -1.95. The van der Waals surface area contributed by atoms with Crippen molar-refractivity contribution in [3.05, 3.63) is 73.8 Å².